The van der Waals surface area contributed by atoms with Gasteiger partial charge in [0.2, 0.25) is 0 Å². The molecule has 2 aliphatic rings. The van der Waals surface area contributed by atoms with E-state index in [4.69, 9.17) is 0 Å². The fraction of sp³-hybridized carbons (Fsp3) is 0.467. The summed E-state index contributed by atoms with van der Waals surface area (Å²) in [5.41, 5.74) is 6.85. The Kier molecular flexibility index (Phi) is 6.77. The molecule has 1 N–H and O–H groups in total. The number of hydrogen-bond donors (Lipinski definition) is 1. The molecule has 0 radical (unpaired) electrons. The topological polar surface area (TPSA) is 81.4 Å². The van der Waals surface area contributed by atoms with Gasteiger partial charge in [0.1, 0.15) is 0 Å². The van der Waals surface area contributed by atoms with Crippen LogP contribution >= 0.6 is 0 Å². The SMILES string of the molecule is CCCc1c(Cc2ccc(-c3ccccc3-c3nnn[nH]3)cc2)c(=O)n2n1CCCC2C1CCCCC1. The highest BCUT2D eigenvalue weighted by atomic mass is 16.1. The molecule has 37 heavy (non-hydrogen) atoms. The van der Waals surface area contributed by atoms with E-state index < -0.39 is 0 Å². The fourth-order valence-corrected chi connectivity index (χ4v) is 6.67. The molecule has 0 bridgehead atoms. The first-order valence-electron chi connectivity index (χ1n) is 14.0. The maximum atomic E-state index is 14.0. The van der Waals surface area contributed by atoms with Crippen LogP contribution in [0, 0.1) is 5.92 Å². The third-order valence-corrected chi connectivity index (χ3v) is 8.42. The molecule has 1 saturated carbocycles. The number of tetrazole rings is 1. The summed E-state index contributed by atoms with van der Waals surface area (Å²) in [4.78, 5) is 14.0. The molecule has 1 aliphatic heterocycles. The van der Waals surface area contributed by atoms with Crippen LogP contribution in [0.2, 0.25) is 0 Å². The lowest BCUT2D eigenvalue weighted by Gasteiger charge is -2.35. The zero-order valence-electron chi connectivity index (χ0n) is 21.7. The Bertz CT molecular complexity index is 1390. The predicted molar refractivity (Wildman–Crippen MR) is 145 cm³/mol. The molecule has 0 amide bonds. The zero-order chi connectivity index (χ0) is 25.2. The van der Waals surface area contributed by atoms with Crippen LogP contribution in [-0.2, 0) is 19.4 Å². The lowest BCUT2D eigenvalue weighted by molar-refractivity contribution is 0.164. The molecule has 7 heteroatoms. The Balaban J connectivity index is 1.32. The highest BCUT2D eigenvalue weighted by molar-refractivity contribution is 5.80. The van der Waals surface area contributed by atoms with Crippen molar-refractivity contribution in [3.63, 3.8) is 0 Å². The number of aromatic amines is 1. The van der Waals surface area contributed by atoms with Crippen LogP contribution < -0.4 is 5.56 Å². The van der Waals surface area contributed by atoms with Crippen LogP contribution in [0.25, 0.3) is 22.5 Å². The Hall–Kier alpha value is -3.48. The summed E-state index contributed by atoms with van der Waals surface area (Å²) >= 11 is 0. The van der Waals surface area contributed by atoms with E-state index in [1.165, 1.54) is 49.8 Å². The molecule has 192 valence electrons. The standard InChI is InChI=1S/C30H36N6O/c1-2-9-28-26(30(37)36-27(14-8-19-35(28)36)23-10-4-3-5-11-23)20-21-15-17-22(18-16-21)24-12-6-7-13-25(24)29-31-33-34-32-29/h6-7,12-13,15-18,23,27H,2-5,8-11,14,19-20H2,1H3,(H,31,32,33,34). The molecular weight excluding hydrogens is 460 g/mol. The highest BCUT2D eigenvalue weighted by Gasteiger charge is 2.33. The molecule has 7 nitrogen and oxygen atoms in total. The summed E-state index contributed by atoms with van der Waals surface area (Å²) in [6.45, 7) is 3.19. The Morgan fingerprint density at radius 1 is 0.946 bits per heavy atom. The Morgan fingerprint density at radius 2 is 1.73 bits per heavy atom. The lowest BCUT2D eigenvalue weighted by Crippen LogP contribution is -2.37. The van der Waals surface area contributed by atoms with Crippen molar-refractivity contribution in [1.29, 1.82) is 0 Å². The van der Waals surface area contributed by atoms with Crippen molar-refractivity contribution in [2.45, 2.75) is 83.7 Å². The van der Waals surface area contributed by atoms with Crippen LogP contribution in [-0.4, -0.2) is 30.0 Å². The van der Waals surface area contributed by atoms with E-state index in [9.17, 15) is 4.79 Å². The smallest absolute Gasteiger partial charge is 0.270 e. The fourth-order valence-electron chi connectivity index (χ4n) is 6.67. The number of aromatic nitrogens is 6. The molecule has 4 aromatic rings. The molecule has 0 saturated heterocycles. The minimum Gasteiger partial charge on any atom is -0.286 e. The largest absolute Gasteiger partial charge is 0.286 e. The number of nitrogens with zero attached hydrogens (tertiary/aromatic N) is 5. The average molecular weight is 497 g/mol. The van der Waals surface area contributed by atoms with Crippen molar-refractivity contribution < 1.29 is 0 Å². The molecule has 1 atom stereocenters. The van der Waals surface area contributed by atoms with E-state index in [1.54, 1.807) is 0 Å². The molecule has 3 heterocycles. The highest BCUT2D eigenvalue weighted by Crippen LogP contribution is 2.38. The summed E-state index contributed by atoms with van der Waals surface area (Å²) < 4.78 is 4.57. The van der Waals surface area contributed by atoms with E-state index in [1.807, 2.05) is 18.2 Å². The van der Waals surface area contributed by atoms with Gasteiger partial charge in [0, 0.05) is 29.8 Å². The molecule has 2 aromatic heterocycles. The van der Waals surface area contributed by atoms with Gasteiger partial charge < -0.3 is 0 Å². The van der Waals surface area contributed by atoms with Gasteiger partial charge >= 0.3 is 0 Å². The van der Waals surface area contributed by atoms with Crippen molar-refractivity contribution >= 4 is 0 Å². The van der Waals surface area contributed by atoms with Gasteiger partial charge in [0.25, 0.3) is 5.56 Å². The predicted octanol–water partition coefficient (Wildman–Crippen LogP) is 5.96. The van der Waals surface area contributed by atoms with Crippen molar-refractivity contribution in [3.05, 3.63) is 75.7 Å². The molecule has 1 aliphatic carbocycles. The molecular formula is C30H36N6O. The van der Waals surface area contributed by atoms with Gasteiger partial charge in [0.05, 0.1) is 6.04 Å². The second kappa shape index (κ2) is 10.5. The van der Waals surface area contributed by atoms with Gasteiger partial charge in [0.15, 0.2) is 5.82 Å². The van der Waals surface area contributed by atoms with E-state index >= 15 is 0 Å². The van der Waals surface area contributed by atoms with Gasteiger partial charge in [-0.15, -0.1) is 5.10 Å². The van der Waals surface area contributed by atoms with Crippen molar-refractivity contribution in [1.82, 2.24) is 30.0 Å². The second-order valence-corrected chi connectivity index (χ2v) is 10.7. The van der Waals surface area contributed by atoms with Crippen molar-refractivity contribution in [3.8, 4) is 22.5 Å². The summed E-state index contributed by atoms with van der Waals surface area (Å²) in [7, 11) is 0. The summed E-state index contributed by atoms with van der Waals surface area (Å²) in [5, 5.41) is 14.4. The van der Waals surface area contributed by atoms with E-state index in [2.05, 4.69) is 67.2 Å². The summed E-state index contributed by atoms with van der Waals surface area (Å²) in [5.74, 6) is 1.31. The van der Waals surface area contributed by atoms with Gasteiger partial charge in [-0.3, -0.25) is 9.48 Å². The first kappa shape index (κ1) is 23.9. The van der Waals surface area contributed by atoms with Crippen molar-refractivity contribution in [2.24, 2.45) is 5.92 Å². The van der Waals surface area contributed by atoms with Crippen LogP contribution in [0.1, 0.15) is 81.2 Å². The quantitative estimate of drug-likeness (QED) is 0.342. The number of H-pyrrole nitrogens is 1. The normalized spacial score (nSPS) is 18.1. The van der Waals surface area contributed by atoms with Gasteiger partial charge in [-0.05, 0) is 65.1 Å². The summed E-state index contributed by atoms with van der Waals surface area (Å²) in [6, 6.07) is 17.1. The maximum Gasteiger partial charge on any atom is 0.270 e. The number of rotatable bonds is 7. The molecule has 1 unspecified atom stereocenters. The van der Waals surface area contributed by atoms with Gasteiger partial charge in [-0.2, -0.15) is 0 Å². The summed E-state index contributed by atoms with van der Waals surface area (Å²) in [6.07, 6.45) is 11.5. The maximum absolute atomic E-state index is 14.0. The minimum atomic E-state index is 0.256. The van der Waals surface area contributed by atoms with Crippen molar-refractivity contribution in [2.75, 3.05) is 0 Å². The monoisotopic (exact) mass is 496 g/mol. The third-order valence-electron chi connectivity index (χ3n) is 8.42. The molecule has 6 rings (SSSR count). The first-order valence-corrected chi connectivity index (χ1v) is 14.0. The van der Waals surface area contributed by atoms with Crippen LogP contribution in [0.4, 0.5) is 0 Å². The second-order valence-electron chi connectivity index (χ2n) is 10.7. The minimum absolute atomic E-state index is 0.256. The van der Waals surface area contributed by atoms with Crippen LogP contribution in [0.5, 0.6) is 0 Å². The average Bonchev–Trinajstić information content (AvgIpc) is 3.58. The molecule has 2 aromatic carbocycles. The Labute approximate surface area is 217 Å². The van der Waals surface area contributed by atoms with Crippen LogP contribution in [0.3, 0.4) is 0 Å². The lowest BCUT2D eigenvalue weighted by atomic mass is 9.82. The zero-order valence-corrected chi connectivity index (χ0v) is 21.7. The number of fused-ring (bicyclic) bond motifs is 1. The number of benzene rings is 2. The van der Waals surface area contributed by atoms with E-state index in [0.29, 0.717) is 24.2 Å². The Morgan fingerprint density at radius 3 is 2.46 bits per heavy atom. The van der Waals surface area contributed by atoms with Gasteiger partial charge in [-0.1, -0.05) is 81.1 Å². The number of nitrogens with one attached hydrogen (secondary N) is 1. The van der Waals surface area contributed by atoms with Crippen LogP contribution in [0.15, 0.2) is 53.3 Å². The number of hydrogen-bond acceptors (Lipinski definition) is 4. The van der Waals surface area contributed by atoms with Gasteiger partial charge in [-0.25, -0.2) is 9.78 Å². The molecule has 0 spiro atoms. The molecule has 1 fully saturated rings. The first-order chi connectivity index (χ1) is 18.2. The van der Waals surface area contributed by atoms with E-state index in [-0.39, 0.29) is 5.56 Å². The van der Waals surface area contributed by atoms with E-state index in [0.717, 1.165) is 48.1 Å². The third kappa shape index (κ3) is 4.56.